The van der Waals surface area contributed by atoms with Crippen molar-refractivity contribution in [2.24, 2.45) is 0 Å². The minimum atomic E-state index is 1.06. The van der Waals surface area contributed by atoms with E-state index in [1.165, 1.54) is 68.7 Å². The van der Waals surface area contributed by atoms with Gasteiger partial charge in [0, 0.05) is 42.4 Å². The van der Waals surface area contributed by atoms with E-state index < -0.39 is 0 Å². The number of hydrogen-bond donors (Lipinski definition) is 0. The van der Waals surface area contributed by atoms with E-state index in [4.69, 9.17) is 4.98 Å². The molecular formula is C51H32N2S2. The highest BCUT2D eigenvalue weighted by Gasteiger charge is 2.21. The number of anilines is 3. The van der Waals surface area contributed by atoms with Gasteiger partial charge < -0.3 is 4.90 Å². The first-order valence-corrected chi connectivity index (χ1v) is 20.2. The monoisotopic (exact) mass is 736 g/mol. The Hall–Kier alpha value is -6.59. The molecule has 55 heavy (non-hydrogen) atoms. The molecule has 4 heteroatoms. The highest BCUT2D eigenvalue weighted by Crippen LogP contribution is 2.47. The van der Waals surface area contributed by atoms with Gasteiger partial charge in [0.25, 0.3) is 0 Å². The number of benzene rings is 9. The molecule has 0 radical (unpaired) electrons. The smallest absolute Gasteiger partial charge is 0.124 e. The maximum Gasteiger partial charge on any atom is 0.124 e. The van der Waals surface area contributed by atoms with E-state index in [1.807, 2.05) is 11.3 Å². The zero-order valence-corrected chi connectivity index (χ0v) is 31.3. The van der Waals surface area contributed by atoms with Crippen LogP contribution in [0.3, 0.4) is 0 Å². The summed E-state index contributed by atoms with van der Waals surface area (Å²) in [5, 5.41) is 8.60. The van der Waals surface area contributed by atoms with E-state index in [0.29, 0.717) is 0 Å². The molecule has 0 unspecified atom stereocenters. The molecule has 0 aliphatic carbocycles. The maximum absolute atomic E-state index is 5.06. The van der Waals surface area contributed by atoms with Gasteiger partial charge >= 0.3 is 0 Å². The van der Waals surface area contributed by atoms with Gasteiger partial charge in [-0.05, 0) is 81.4 Å². The van der Waals surface area contributed by atoms with Crippen molar-refractivity contribution in [2.45, 2.75) is 0 Å². The Kier molecular flexibility index (Phi) is 7.58. The van der Waals surface area contributed by atoms with Crippen molar-refractivity contribution < 1.29 is 0 Å². The van der Waals surface area contributed by atoms with Gasteiger partial charge in [-0.1, -0.05) is 146 Å². The van der Waals surface area contributed by atoms with E-state index in [1.54, 1.807) is 11.3 Å². The molecule has 0 fully saturated rings. The second-order valence-corrected chi connectivity index (χ2v) is 16.0. The van der Waals surface area contributed by atoms with Crippen LogP contribution in [-0.4, -0.2) is 4.98 Å². The van der Waals surface area contributed by atoms with Crippen LogP contribution in [0, 0.1) is 0 Å². The Morgan fingerprint density at radius 2 is 1.05 bits per heavy atom. The molecule has 258 valence electrons. The van der Waals surface area contributed by atoms with Gasteiger partial charge in [-0.25, -0.2) is 4.98 Å². The lowest BCUT2D eigenvalue weighted by Crippen LogP contribution is -2.12. The molecule has 0 aliphatic heterocycles. The van der Waals surface area contributed by atoms with Gasteiger partial charge in [0.1, 0.15) is 5.01 Å². The van der Waals surface area contributed by atoms with Crippen LogP contribution in [0.1, 0.15) is 0 Å². The van der Waals surface area contributed by atoms with E-state index in [2.05, 4.69) is 199 Å². The van der Waals surface area contributed by atoms with Crippen molar-refractivity contribution in [1.82, 2.24) is 4.98 Å². The quantitative estimate of drug-likeness (QED) is 0.158. The second kappa shape index (κ2) is 13.1. The summed E-state index contributed by atoms with van der Waals surface area (Å²) in [6, 6.07) is 70.4. The van der Waals surface area contributed by atoms with Gasteiger partial charge in [-0.3, -0.25) is 0 Å². The molecule has 11 rings (SSSR count). The Bertz CT molecular complexity index is 3200. The Morgan fingerprint density at radius 1 is 0.400 bits per heavy atom. The van der Waals surface area contributed by atoms with Crippen LogP contribution in [0.5, 0.6) is 0 Å². The number of rotatable bonds is 6. The highest BCUT2D eigenvalue weighted by molar-refractivity contribution is 7.28. The largest absolute Gasteiger partial charge is 0.309 e. The number of nitrogens with zero attached hydrogens (tertiary/aromatic N) is 2. The first kappa shape index (κ1) is 31.9. The summed E-state index contributed by atoms with van der Waals surface area (Å²) < 4.78 is 3.85. The molecule has 0 saturated heterocycles. The van der Waals surface area contributed by atoms with Crippen LogP contribution in [0.2, 0.25) is 0 Å². The zero-order valence-electron chi connectivity index (χ0n) is 29.7. The average molecular weight is 737 g/mol. The number of thiazole rings is 1. The molecule has 0 N–H and O–H groups in total. The number of para-hydroxylation sites is 1. The zero-order chi connectivity index (χ0) is 36.3. The molecule has 0 atom stereocenters. The lowest BCUT2D eigenvalue weighted by Gasteiger charge is -2.29. The Balaban J connectivity index is 1.07. The predicted octanol–water partition coefficient (Wildman–Crippen LogP) is 15.4. The first-order chi connectivity index (χ1) is 27.3. The summed E-state index contributed by atoms with van der Waals surface area (Å²) >= 11 is 3.65. The summed E-state index contributed by atoms with van der Waals surface area (Å²) in [6.07, 6.45) is 0. The van der Waals surface area contributed by atoms with E-state index >= 15 is 0 Å². The van der Waals surface area contributed by atoms with Crippen LogP contribution in [0.4, 0.5) is 17.1 Å². The van der Waals surface area contributed by atoms with Crippen LogP contribution < -0.4 is 4.90 Å². The summed E-state index contributed by atoms with van der Waals surface area (Å²) in [5.41, 5.74) is 10.4. The van der Waals surface area contributed by atoms with Gasteiger partial charge in [0.2, 0.25) is 0 Å². The molecule has 0 spiro atoms. The highest BCUT2D eigenvalue weighted by atomic mass is 32.1. The molecule has 0 amide bonds. The standard InChI is InChI=1S/C51H32N2S2/c1-3-13-34(14-4-1)40-19-11-12-22-45(40)53(46-32-37-17-7-8-18-39(37)41-20-9-10-21-42(41)46)38-26-23-33(24-27-38)36-25-29-47-43(31-36)49-48(54-47)30-28-44-50(49)55-51(52-44)35-15-5-2-6-16-35/h1-32H. The maximum atomic E-state index is 5.06. The molecule has 0 bridgehead atoms. The summed E-state index contributed by atoms with van der Waals surface area (Å²) in [4.78, 5) is 7.50. The molecule has 0 aliphatic rings. The molecule has 2 heterocycles. The van der Waals surface area contributed by atoms with Crippen molar-refractivity contribution in [1.29, 1.82) is 0 Å². The normalized spacial score (nSPS) is 11.6. The van der Waals surface area contributed by atoms with Crippen LogP contribution in [-0.2, 0) is 0 Å². The number of aromatic nitrogens is 1. The SMILES string of the molecule is c1ccc(-c2nc3ccc4sc5ccc(-c6ccc(N(c7ccccc7-c7ccccc7)c7cc8ccccc8c8ccccc78)cc6)cc5c4c3s2)cc1. The van der Waals surface area contributed by atoms with Crippen molar-refractivity contribution in [3.8, 4) is 32.8 Å². The fourth-order valence-corrected chi connectivity index (χ4v) is 10.4. The summed E-state index contributed by atoms with van der Waals surface area (Å²) in [6.45, 7) is 0. The van der Waals surface area contributed by atoms with Crippen molar-refractivity contribution in [2.75, 3.05) is 4.90 Å². The van der Waals surface area contributed by atoms with Gasteiger partial charge in [0.05, 0.1) is 21.6 Å². The third-order valence-corrected chi connectivity index (χ3v) is 13.0. The van der Waals surface area contributed by atoms with Crippen LogP contribution in [0.25, 0.3) is 84.8 Å². The predicted molar refractivity (Wildman–Crippen MR) is 239 cm³/mol. The van der Waals surface area contributed by atoms with Crippen LogP contribution >= 0.6 is 22.7 Å². The Morgan fingerprint density at radius 3 is 1.87 bits per heavy atom. The van der Waals surface area contributed by atoms with Gasteiger partial charge in [0.15, 0.2) is 0 Å². The minimum absolute atomic E-state index is 1.06. The summed E-state index contributed by atoms with van der Waals surface area (Å²) in [7, 11) is 0. The topological polar surface area (TPSA) is 16.1 Å². The lowest BCUT2D eigenvalue weighted by atomic mass is 9.97. The van der Waals surface area contributed by atoms with Crippen molar-refractivity contribution >= 4 is 91.7 Å². The Labute approximate surface area is 326 Å². The van der Waals surface area contributed by atoms with Gasteiger partial charge in [-0.15, -0.1) is 22.7 Å². The van der Waals surface area contributed by atoms with Crippen molar-refractivity contribution in [3.63, 3.8) is 0 Å². The number of hydrogen-bond acceptors (Lipinski definition) is 4. The van der Waals surface area contributed by atoms with Crippen LogP contribution in [0.15, 0.2) is 194 Å². The fourth-order valence-electron chi connectivity index (χ4n) is 8.09. The third-order valence-electron chi connectivity index (χ3n) is 10.7. The second-order valence-electron chi connectivity index (χ2n) is 13.9. The van der Waals surface area contributed by atoms with E-state index in [-0.39, 0.29) is 0 Å². The molecule has 11 aromatic rings. The fraction of sp³-hybridized carbons (Fsp3) is 0. The van der Waals surface area contributed by atoms with E-state index in [9.17, 15) is 0 Å². The molecule has 2 nitrogen and oxygen atoms in total. The average Bonchev–Trinajstić information content (AvgIpc) is 3.86. The third kappa shape index (κ3) is 5.41. The molecular weight excluding hydrogens is 705 g/mol. The van der Waals surface area contributed by atoms with Gasteiger partial charge in [-0.2, -0.15) is 0 Å². The van der Waals surface area contributed by atoms with Crippen molar-refractivity contribution in [3.05, 3.63) is 194 Å². The minimum Gasteiger partial charge on any atom is -0.309 e. The lowest BCUT2D eigenvalue weighted by molar-refractivity contribution is 1.30. The first-order valence-electron chi connectivity index (χ1n) is 18.5. The molecule has 0 saturated carbocycles. The molecule has 2 aromatic heterocycles. The van der Waals surface area contributed by atoms with E-state index in [0.717, 1.165) is 33.1 Å². The molecule has 9 aromatic carbocycles. The summed E-state index contributed by atoms with van der Waals surface area (Å²) in [5.74, 6) is 0. The number of fused-ring (bicyclic) bond motifs is 8. The number of thiophene rings is 1.